The van der Waals surface area contributed by atoms with Gasteiger partial charge in [-0.05, 0) is 31.0 Å². The Morgan fingerprint density at radius 1 is 1.10 bits per heavy atom. The highest BCUT2D eigenvalue weighted by atomic mass is 16.6. The van der Waals surface area contributed by atoms with Gasteiger partial charge in [0.2, 0.25) is 0 Å². The maximum absolute atomic E-state index is 10.6. The van der Waals surface area contributed by atoms with Crippen LogP contribution >= 0.6 is 0 Å². The number of nitrogens with zero attached hydrogens (tertiary/aromatic N) is 1. The Bertz CT molecular complexity index is 606. The molecule has 0 bridgehead atoms. The van der Waals surface area contributed by atoms with Crippen LogP contribution in [0.3, 0.4) is 0 Å². The molecule has 0 amide bonds. The van der Waals surface area contributed by atoms with E-state index in [-0.39, 0.29) is 5.69 Å². The summed E-state index contributed by atoms with van der Waals surface area (Å²) in [5.41, 5.74) is 3.48. The summed E-state index contributed by atoms with van der Waals surface area (Å²) >= 11 is 0. The van der Waals surface area contributed by atoms with Gasteiger partial charge < -0.3 is 4.74 Å². The van der Waals surface area contributed by atoms with Gasteiger partial charge in [0.25, 0.3) is 5.69 Å². The first-order valence-electron chi connectivity index (χ1n) is 6.49. The highest BCUT2D eigenvalue weighted by Crippen LogP contribution is 2.19. The molecule has 4 heteroatoms. The second-order valence-corrected chi connectivity index (χ2v) is 4.79. The number of ether oxygens (including phenoxy) is 1. The van der Waals surface area contributed by atoms with Crippen molar-refractivity contribution in [1.82, 2.24) is 0 Å². The molecule has 2 aromatic rings. The summed E-state index contributed by atoms with van der Waals surface area (Å²) in [6.07, 6.45) is 0.727. The smallest absolute Gasteiger partial charge is 0.269 e. The lowest BCUT2D eigenvalue weighted by molar-refractivity contribution is -0.384. The molecule has 4 nitrogen and oxygen atoms in total. The summed E-state index contributed by atoms with van der Waals surface area (Å²) < 4.78 is 5.74. The number of nitro benzene ring substituents is 1. The Balaban J connectivity index is 1.91. The Morgan fingerprint density at radius 2 is 1.80 bits per heavy atom. The normalized spacial score (nSPS) is 10.3. The Hall–Kier alpha value is -2.36. The highest BCUT2D eigenvalue weighted by Gasteiger charge is 2.04. The molecule has 104 valence electrons. The minimum absolute atomic E-state index is 0.115. The Morgan fingerprint density at radius 3 is 2.40 bits per heavy atom. The second kappa shape index (κ2) is 6.19. The van der Waals surface area contributed by atoms with Crippen molar-refractivity contribution in [2.24, 2.45) is 0 Å². The topological polar surface area (TPSA) is 52.4 Å². The molecule has 20 heavy (non-hydrogen) atoms. The molecule has 0 unspecified atom stereocenters. The van der Waals surface area contributed by atoms with Crippen molar-refractivity contribution in [2.45, 2.75) is 20.3 Å². The third-order valence-electron chi connectivity index (χ3n) is 3.13. The molecule has 0 N–H and O–H groups in total. The van der Waals surface area contributed by atoms with Gasteiger partial charge in [0.15, 0.2) is 0 Å². The van der Waals surface area contributed by atoms with Crippen molar-refractivity contribution < 1.29 is 9.66 Å². The van der Waals surface area contributed by atoms with Crippen LogP contribution < -0.4 is 4.74 Å². The van der Waals surface area contributed by atoms with E-state index in [1.54, 1.807) is 12.1 Å². The summed E-state index contributed by atoms with van der Waals surface area (Å²) in [5.74, 6) is 0.887. The zero-order chi connectivity index (χ0) is 14.5. The summed E-state index contributed by atoms with van der Waals surface area (Å²) in [5, 5.41) is 10.6. The predicted octanol–water partition coefficient (Wildman–Crippen LogP) is 3.83. The van der Waals surface area contributed by atoms with Crippen molar-refractivity contribution in [3.05, 3.63) is 69.3 Å². The largest absolute Gasteiger partial charge is 0.493 e. The highest BCUT2D eigenvalue weighted by molar-refractivity contribution is 5.36. The van der Waals surface area contributed by atoms with Gasteiger partial charge in [-0.3, -0.25) is 10.1 Å². The minimum Gasteiger partial charge on any atom is -0.493 e. The van der Waals surface area contributed by atoms with Crippen LogP contribution in [0.5, 0.6) is 5.75 Å². The lowest BCUT2D eigenvalue weighted by atomic mass is 10.1. The van der Waals surface area contributed by atoms with E-state index in [2.05, 4.69) is 6.07 Å². The van der Waals surface area contributed by atoms with Crippen LogP contribution in [0.15, 0.2) is 42.5 Å². The molecule has 2 aromatic carbocycles. The molecule has 0 radical (unpaired) electrons. The van der Waals surface area contributed by atoms with Crippen LogP contribution in [0.1, 0.15) is 16.7 Å². The van der Waals surface area contributed by atoms with Crippen LogP contribution in [-0.4, -0.2) is 11.5 Å². The summed E-state index contributed by atoms with van der Waals surface area (Å²) in [4.78, 5) is 10.2. The van der Waals surface area contributed by atoms with Crippen LogP contribution in [0.25, 0.3) is 0 Å². The lowest BCUT2D eigenvalue weighted by Gasteiger charge is -2.09. The first-order valence-corrected chi connectivity index (χ1v) is 6.49. The molecule has 0 atom stereocenters. The molecule has 0 spiro atoms. The number of hydrogen-bond donors (Lipinski definition) is 0. The van der Waals surface area contributed by atoms with Gasteiger partial charge >= 0.3 is 0 Å². The molecule has 2 rings (SSSR count). The SMILES string of the molecule is Cc1ccc(OCCc2ccc([N+](=O)[O-])cc2)c(C)c1. The second-order valence-electron chi connectivity index (χ2n) is 4.79. The van der Waals surface area contributed by atoms with Crippen LogP contribution in [-0.2, 0) is 6.42 Å². The number of non-ortho nitro benzene ring substituents is 1. The van der Waals surface area contributed by atoms with Gasteiger partial charge in [-0.25, -0.2) is 0 Å². The van der Waals surface area contributed by atoms with E-state index in [0.717, 1.165) is 23.3 Å². The molecule has 0 aliphatic heterocycles. The van der Waals surface area contributed by atoms with Crippen LogP contribution in [0.2, 0.25) is 0 Å². The van der Waals surface area contributed by atoms with Crippen molar-refractivity contribution in [3.8, 4) is 5.75 Å². The molecular weight excluding hydrogens is 254 g/mol. The molecule has 0 fully saturated rings. The molecule has 0 aliphatic carbocycles. The van der Waals surface area contributed by atoms with Gasteiger partial charge in [0, 0.05) is 18.6 Å². The number of benzene rings is 2. The number of nitro groups is 1. The fourth-order valence-electron chi connectivity index (χ4n) is 2.02. The quantitative estimate of drug-likeness (QED) is 0.613. The maximum Gasteiger partial charge on any atom is 0.269 e. The maximum atomic E-state index is 10.6. The van der Waals surface area contributed by atoms with E-state index in [4.69, 9.17) is 4.74 Å². The first kappa shape index (κ1) is 14.1. The predicted molar refractivity (Wildman–Crippen MR) is 78.2 cm³/mol. The van der Waals surface area contributed by atoms with E-state index in [1.807, 2.05) is 26.0 Å². The average Bonchev–Trinajstić information content (AvgIpc) is 2.42. The van der Waals surface area contributed by atoms with Crippen molar-refractivity contribution in [2.75, 3.05) is 6.61 Å². The third-order valence-corrected chi connectivity index (χ3v) is 3.13. The van der Waals surface area contributed by atoms with Gasteiger partial charge in [-0.2, -0.15) is 0 Å². The van der Waals surface area contributed by atoms with E-state index >= 15 is 0 Å². The van der Waals surface area contributed by atoms with Crippen molar-refractivity contribution in [1.29, 1.82) is 0 Å². The Labute approximate surface area is 118 Å². The van der Waals surface area contributed by atoms with Gasteiger partial charge in [0.05, 0.1) is 11.5 Å². The molecule has 0 aliphatic rings. The molecule has 0 aromatic heterocycles. The fraction of sp³-hybridized carbons (Fsp3) is 0.250. The average molecular weight is 271 g/mol. The molecule has 0 saturated heterocycles. The summed E-state index contributed by atoms with van der Waals surface area (Å²) in [6.45, 7) is 4.63. The number of aryl methyl sites for hydroxylation is 2. The van der Waals surface area contributed by atoms with Gasteiger partial charge in [0.1, 0.15) is 5.75 Å². The molecular formula is C16H17NO3. The lowest BCUT2D eigenvalue weighted by Crippen LogP contribution is -2.02. The van der Waals surface area contributed by atoms with Crippen molar-refractivity contribution >= 4 is 5.69 Å². The minimum atomic E-state index is -0.393. The van der Waals surface area contributed by atoms with Gasteiger partial charge in [-0.15, -0.1) is 0 Å². The summed E-state index contributed by atoms with van der Waals surface area (Å²) in [6, 6.07) is 12.7. The monoisotopic (exact) mass is 271 g/mol. The third kappa shape index (κ3) is 3.57. The van der Waals surface area contributed by atoms with Gasteiger partial charge in [-0.1, -0.05) is 29.8 Å². The van der Waals surface area contributed by atoms with E-state index in [0.29, 0.717) is 6.61 Å². The number of rotatable bonds is 5. The molecule has 0 saturated carbocycles. The van der Waals surface area contributed by atoms with E-state index < -0.39 is 4.92 Å². The van der Waals surface area contributed by atoms with Crippen LogP contribution in [0.4, 0.5) is 5.69 Å². The zero-order valence-electron chi connectivity index (χ0n) is 11.6. The zero-order valence-corrected chi connectivity index (χ0v) is 11.6. The Kier molecular flexibility index (Phi) is 4.35. The van der Waals surface area contributed by atoms with E-state index in [1.165, 1.54) is 17.7 Å². The fourth-order valence-corrected chi connectivity index (χ4v) is 2.02. The summed E-state index contributed by atoms with van der Waals surface area (Å²) in [7, 11) is 0. The standard InChI is InChI=1S/C16H17NO3/c1-12-3-8-16(13(2)11-12)20-10-9-14-4-6-15(7-5-14)17(18)19/h3-8,11H,9-10H2,1-2H3. The first-order chi connectivity index (χ1) is 9.56. The molecule has 0 heterocycles. The number of hydrogen-bond acceptors (Lipinski definition) is 3. The van der Waals surface area contributed by atoms with Crippen LogP contribution in [0, 0.1) is 24.0 Å². The van der Waals surface area contributed by atoms with Crippen molar-refractivity contribution in [3.63, 3.8) is 0 Å². The van der Waals surface area contributed by atoms with E-state index in [9.17, 15) is 10.1 Å².